The summed E-state index contributed by atoms with van der Waals surface area (Å²) in [6.07, 6.45) is 1.44. The molecule has 2 rings (SSSR count). The molecule has 4 nitrogen and oxygen atoms in total. The summed E-state index contributed by atoms with van der Waals surface area (Å²) in [5.74, 6) is 0. The number of halogens is 1. The van der Waals surface area contributed by atoms with Gasteiger partial charge in [0.1, 0.15) is 10.0 Å². The quantitative estimate of drug-likeness (QED) is 0.885. The van der Waals surface area contributed by atoms with E-state index < -0.39 is 10.0 Å². The number of rotatable bonds is 3. The van der Waals surface area contributed by atoms with Gasteiger partial charge in [0.05, 0.1) is 5.69 Å². The Labute approximate surface area is 117 Å². The van der Waals surface area contributed by atoms with Gasteiger partial charge in [-0.05, 0) is 37.1 Å². The lowest BCUT2D eigenvalue weighted by molar-refractivity contribution is 0.601. The smallest absolute Gasteiger partial charge is 0.264 e. The van der Waals surface area contributed by atoms with Crippen LogP contribution in [0.4, 0.5) is 5.69 Å². The first-order chi connectivity index (χ1) is 8.92. The zero-order chi connectivity index (χ0) is 14.0. The molecule has 1 N–H and O–H groups in total. The van der Waals surface area contributed by atoms with E-state index in [4.69, 9.17) is 11.6 Å². The molecule has 0 aliphatic heterocycles. The molecule has 100 valence electrons. The second-order valence-electron chi connectivity index (χ2n) is 4.16. The number of sulfonamides is 1. The summed E-state index contributed by atoms with van der Waals surface area (Å²) >= 11 is 5.82. The molecule has 0 spiro atoms. The average Bonchev–Trinajstić information content (AvgIpc) is 2.34. The highest BCUT2D eigenvalue weighted by molar-refractivity contribution is 7.92. The van der Waals surface area contributed by atoms with Crippen LogP contribution in [0.25, 0.3) is 0 Å². The zero-order valence-electron chi connectivity index (χ0n) is 10.5. The van der Waals surface area contributed by atoms with Gasteiger partial charge in [-0.3, -0.25) is 4.72 Å². The van der Waals surface area contributed by atoms with Crippen LogP contribution in [-0.4, -0.2) is 13.4 Å². The van der Waals surface area contributed by atoms with E-state index in [9.17, 15) is 8.42 Å². The van der Waals surface area contributed by atoms with E-state index in [0.717, 1.165) is 11.1 Å². The lowest BCUT2D eigenvalue weighted by atomic mass is 10.1. The Morgan fingerprint density at radius 1 is 1.11 bits per heavy atom. The lowest BCUT2D eigenvalue weighted by Crippen LogP contribution is -2.15. The molecular formula is C13H13ClN2O2S. The molecule has 0 saturated heterocycles. The van der Waals surface area contributed by atoms with E-state index in [1.807, 2.05) is 32.0 Å². The second-order valence-corrected chi connectivity index (χ2v) is 6.17. The Kier molecular flexibility index (Phi) is 3.78. The molecule has 1 aromatic heterocycles. The normalized spacial score (nSPS) is 11.3. The van der Waals surface area contributed by atoms with Crippen LogP contribution in [0.2, 0.25) is 5.15 Å². The molecule has 1 aromatic carbocycles. The Hall–Kier alpha value is -1.59. The third-order valence-electron chi connectivity index (χ3n) is 2.73. The number of nitrogens with zero attached hydrogens (tertiary/aromatic N) is 1. The molecule has 2 aromatic rings. The number of hydrogen-bond acceptors (Lipinski definition) is 3. The molecular weight excluding hydrogens is 284 g/mol. The van der Waals surface area contributed by atoms with Crippen molar-refractivity contribution in [3.8, 4) is 0 Å². The van der Waals surface area contributed by atoms with Crippen molar-refractivity contribution in [2.75, 3.05) is 4.72 Å². The van der Waals surface area contributed by atoms with Crippen molar-refractivity contribution in [3.63, 3.8) is 0 Å². The Morgan fingerprint density at radius 2 is 1.74 bits per heavy atom. The highest BCUT2D eigenvalue weighted by Gasteiger charge is 2.19. The fourth-order valence-electron chi connectivity index (χ4n) is 1.74. The minimum atomic E-state index is -3.73. The van der Waals surface area contributed by atoms with Crippen LogP contribution in [0, 0.1) is 13.8 Å². The maximum Gasteiger partial charge on any atom is 0.264 e. The van der Waals surface area contributed by atoms with Gasteiger partial charge in [0.25, 0.3) is 10.0 Å². The van der Waals surface area contributed by atoms with Gasteiger partial charge in [0.2, 0.25) is 0 Å². The molecule has 0 atom stereocenters. The van der Waals surface area contributed by atoms with Crippen LogP contribution in [0.5, 0.6) is 0 Å². The molecule has 6 heteroatoms. The largest absolute Gasteiger partial charge is 0.279 e. The molecule has 0 bridgehead atoms. The summed E-state index contributed by atoms with van der Waals surface area (Å²) in [6.45, 7) is 3.69. The number of hydrogen-bond donors (Lipinski definition) is 1. The summed E-state index contributed by atoms with van der Waals surface area (Å²) in [4.78, 5) is 3.75. The Balaban J connectivity index is 2.46. The van der Waals surface area contributed by atoms with Crippen molar-refractivity contribution in [1.82, 2.24) is 4.98 Å². The number of para-hydroxylation sites is 1. The van der Waals surface area contributed by atoms with Crippen molar-refractivity contribution < 1.29 is 8.42 Å². The number of pyridine rings is 1. The highest BCUT2D eigenvalue weighted by Crippen LogP contribution is 2.25. The maximum atomic E-state index is 12.3. The third kappa shape index (κ3) is 2.88. The van der Waals surface area contributed by atoms with Crippen molar-refractivity contribution in [2.24, 2.45) is 0 Å². The van der Waals surface area contributed by atoms with Crippen LogP contribution in [0.1, 0.15) is 11.1 Å². The minimum absolute atomic E-state index is 0.0284. The number of aromatic nitrogens is 1. The first-order valence-corrected chi connectivity index (χ1v) is 7.47. The summed E-state index contributed by atoms with van der Waals surface area (Å²) in [6, 6.07) is 8.52. The molecule has 0 fully saturated rings. The van der Waals surface area contributed by atoms with E-state index in [1.54, 1.807) is 0 Å². The number of nitrogens with one attached hydrogen (secondary N) is 1. The third-order valence-corrected chi connectivity index (χ3v) is 4.53. The first kappa shape index (κ1) is 13.8. The van der Waals surface area contributed by atoms with E-state index in [1.165, 1.54) is 18.3 Å². The highest BCUT2D eigenvalue weighted by atomic mass is 35.5. The summed E-state index contributed by atoms with van der Waals surface area (Å²) < 4.78 is 27.1. The minimum Gasteiger partial charge on any atom is -0.279 e. The molecule has 0 unspecified atom stereocenters. The summed E-state index contributed by atoms with van der Waals surface area (Å²) in [5.41, 5.74) is 2.27. The van der Waals surface area contributed by atoms with Crippen LogP contribution in [0.3, 0.4) is 0 Å². The van der Waals surface area contributed by atoms with Crippen LogP contribution < -0.4 is 4.72 Å². The predicted molar refractivity (Wildman–Crippen MR) is 76.0 cm³/mol. The van der Waals surface area contributed by atoms with Crippen molar-refractivity contribution in [2.45, 2.75) is 18.7 Å². The van der Waals surface area contributed by atoms with Gasteiger partial charge in [0, 0.05) is 6.20 Å². The zero-order valence-corrected chi connectivity index (χ0v) is 12.1. The Morgan fingerprint density at radius 3 is 2.32 bits per heavy atom. The van der Waals surface area contributed by atoms with E-state index in [-0.39, 0.29) is 10.0 Å². The van der Waals surface area contributed by atoms with Gasteiger partial charge in [-0.15, -0.1) is 0 Å². The van der Waals surface area contributed by atoms with Gasteiger partial charge in [-0.1, -0.05) is 29.8 Å². The fraction of sp³-hybridized carbons (Fsp3) is 0.154. The molecule has 0 aliphatic carbocycles. The lowest BCUT2D eigenvalue weighted by Gasteiger charge is -2.13. The topological polar surface area (TPSA) is 59.1 Å². The molecule has 0 amide bonds. The number of aryl methyl sites for hydroxylation is 2. The average molecular weight is 297 g/mol. The monoisotopic (exact) mass is 296 g/mol. The summed E-state index contributed by atoms with van der Waals surface area (Å²) in [5, 5.41) is -0.0405. The molecule has 0 aliphatic rings. The number of anilines is 1. The second kappa shape index (κ2) is 5.19. The molecule has 0 radical (unpaired) electrons. The SMILES string of the molecule is Cc1cccc(C)c1NS(=O)(=O)c1cccnc1Cl. The number of benzene rings is 1. The van der Waals surface area contributed by atoms with Crippen molar-refractivity contribution >= 4 is 27.3 Å². The van der Waals surface area contributed by atoms with Gasteiger partial charge in [-0.2, -0.15) is 0 Å². The van der Waals surface area contributed by atoms with Crippen molar-refractivity contribution in [1.29, 1.82) is 0 Å². The standard InChI is InChI=1S/C13H13ClN2O2S/c1-9-5-3-6-10(2)12(9)16-19(17,18)11-7-4-8-15-13(11)14/h3-8,16H,1-2H3. The van der Waals surface area contributed by atoms with Crippen LogP contribution in [0.15, 0.2) is 41.4 Å². The fourth-order valence-corrected chi connectivity index (χ4v) is 3.39. The molecule has 0 saturated carbocycles. The van der Waals surface area contributed by atoms with Gasteiger partial charge < -0.3 is 0 Å². The van der Waals surface area contributed by atoms with E-state index in [2.05, 4.69) is 9.71 Å². The molecule has 19 heavy (non-hydrogen) atoms. The van der Waals surface area contributed by atoms with E-state index in [0.29, 0.717) is 5.69 Å². The maximum absolute atomic E-state index is 12.3. The predicted octanol–water partition coefficient (Wildman–Crippen LogP) is 3.15. The first-order valence-electron chi connectivity index (χ1n) is 5.61. The Bertz CT molecular complexity index is 694. The van der Waals surface area contributed by atoms with Crippen LogP contribution in [-0.2, 0) is 10.0 Å². The van der Waals surface area contributed by atoms with Crippen LogP contribution >= 0.6 is 11.6 Å². The molecule has 1 heterocycles. The van der Waals surface area contributed by atoms with Gasteiger partial charge in [-0.25, -0.2) is 13.4 Å². The van der Waals surface area contributed by atoms with Crippen molar-refractivity contribution in [3.05, 3.63) is 52.8 Å². The van der Waals surface area contributed by atoms with Gasteiger partial charge in [0.15, 0.2) is 0 Å². The van der Waals surface area contributed by atoms with E-state index >= 15 is 0 Å². The van der Waals surface area contributed by atoms with Gasteiger partial charge >= 0.3 is 0 Å². The summed E-state index contributed by atoms with van der Waals surface area (Å²) in [7, 11) is -3.73.